The second kappa shape index (κ2) is 19.6. The number of anilines is 1. The molecule has 0 aliphatic rings. The summed E-state index contributed by atoms with van der Waals surface area (Å²) in [6.07, 6.45) is 18.8. The van der Waals surface area contributed by atoms with Crippen LogP contribution < -0.4 is 16.0 Å². The molecule has 5 heteroatoms. The number of carbonyl (C=O) groups excluding carboxylic acids is 2. The topological polar surface area (TPSA) is 70.2 Å². The standard InChI is InChI=1S/C27H47N3O2/c1-3-5-6-7-8-9-10-11-12-13-14-15-16-17-22-29-26(31)23-30-25-20-18-24(19-21-25)27(32)28-4-2/h18-21,30H,3-17,22-23H2,1-2H3,(H,28,32)(H,29,31). The van der Waals surface area contributed by atoms with E-state index in [4.69, 9.17) is 0 Å². The van der Waals surface area contributed by atoms with E-state index in [1.165, 1.54) is 83.5 Å². The van der Waals surface area contributed by atoms with Crippen molar-refractivity contribution in [1.82, 2.24) is 10.6 Å². The Morgan fingerprint density at radius 2 is 1.16 bits per heavy atom. The summed E-state index contributed by atoms with van der Waals surface area (Å²) in [5.41, 5.74) is 1.46. The van der Waals surface area contributed by atoms with Crippen LogP contribution in [0.25, 0.3) is 0 Å². The molecule has 32 heavy (non-hydrogen) atoms. The number of benzene rings is 1. The van der Waals surface area contributed by atoms with Crippen LogP contribution in [0, 0.1) is 0 Å². The zero-order valence-corrected chi connectivity index (χ0v) is 20.6. The average molecular weight is 446 g/mol. The molecule has 2 amide bonds. The first-order valence-electron chi connectivity index (χ1n) is 13.1. The van der Waals surface area contributed by atoms with Crippen LogP contribution in [0.2, 0.25) is 0 Å². The van der Waals surface area contributed by atoms with Gasteiger partial charge in [0.05, 0.1) is 6.54 Å². The third kappa shape index (κ3) is 14.9. The normalized spacial score (nSPS) is 10.7. The first kappa shape index (κ1) is 28.0. The van der Waals surface area contributed by atoms with Crippen LogP contribution >= 0.6 is 0 Å². The van der Waals surface area contributed by atoms with Crippen molar-refractivity contribution in [2.45, 2.75) is 104 Å². The van der Waals surface area contributed by atoms with E-state index in [1.54, 1.807) is 12.1 Å². The molecule has 0 saturated carbocycles. The molecule has 0 atom stereocenters. The molecule has 0 spiro atoms. The summed E-state index contributed by atoms with van der Waals surface area (Å²) in [6, 6.07) is 7.18. The van der Waals surface area contributed by atoms with Gasteiger partial charge in [-0.25, -0.2) is 0 Å². The van der Waals surface area contributed by atoms with E-state index in [-0.39, 0.29) is 18.4 Å². The fourth-order valence-corrected chi connectivity index (χ4v) is 3.79. The number of unbranched alkanes of at least 4 members (excludes halogenated alkanes) is 13. The second-order valence-corrected chi connectivity index (χ2v) is 8.74. The van der Waals surface area contributed by atoms with E-state index in [9.17, 15) is 9.59 Å². The van der Waals surface area contributed by atoms with Gasteiger partial charge in [-0.1, -0.05) is 90.4 Å². The number of carbonyl (C=O) groups is 2. The van der Waals surface area contributed by atoms with Gasteiger partial charge in [0.25, 0.3) is 5.91 Å². The first-order valence-corrected chi connectivity index (χ1v) is 13.1. The van der Waals surface area contributed by atoms with Gasteiger partial charge in [-0.2, -0.15) is 0 Å². The van der Waals surface area contributed by atoms with Gasteiger partial charge in [0, 0.05) is 24.3 Å². The molecule has 0 unspecified atom stereocenters. The summed E-state index contributed by atoms with van der Waals surface area (Å²) in [5.74, 6) is -0.0718. The van der Waals surface area contributed by atoms with E-state index >= 15 is 0 Å². The van der Waals surface area contributed by atoms with Crippen LogP contribution in [0.1, 0.15) is 114 Å². The average Bonchev–Trinajstić information content (AvgIpc) is 2.80. The van der Waals surface area contributed by atoms with E-state index in [1.807, 2.05) is 19.1 Å². The Bertz CT molecular complexity index is 601. The lowest BCUT2D eigenvalue weighted by Crippen LogP contribution is -2.30. The maximum Gasteiger partial charge on any atom is 0.251 e. The molecule has 0 saturated heterocycles. The lowest BCUT2D eigenvalue weighted by atomic mass is 10.0. The van der Waals surface area contributed by atoms with Gasteiger partial charge >= 0.3 is 0 Å². The van der Waals surface area contributed by atoms with E-state index in [2.05, 4.69) is 22.9 Å². The molecule has 0 aromatic heterocycles. The fourth-order valence-electron chi connectivity index (χ4n) is 3.79. The number of hydrogen-bond donors (Lipinski definition) is 3. The Morgan fingerprint density at radius 1 is 0.656 bits per heavy atom. The molecule has 0 radical (unpaired) electrons. The lowest BCUT2D eigenvalue weighted by molar-refractivity contribution is -0.119. The van der Waals surface area contributed by atoms with Gasteiger partial charge in [-0.05, 0) is 37.6 Å². The summed E-state index contributed by atoms with van der Waals surface area (Å²) < 4.78 is 0. The van der Waals surface area contributed by atoms with Crippen molar-refractivity contribution in [1.29, 1.82) is 0 Å². The van der Waals surface area contributed by atoms with Crippen molar-refractivity contribution in [2.24, 2.45) is 0 Å². The van der Waals surface area contributed by atoms with Gasteiger partial charge in [0.15, 0.2) is 0 Å². The summed E-state index contributed by atoms with van der Waals surface area (Å²) in [5, 5.41) is 8.85. The highest BCUT2D eigenvalue weighted by atomic mass is 16.2. The number of nitrogens with one attached hydrogen (secondary N) is 3. The van der Waals surface area contributed by atoms with Crippen LogP contribution in [0.3, 0.4) is 0 Å². The van der Waals surface area contributed by atoms with Crippen LogP contribution in [0.15, 0.2) is 24.3 Å². The molecule has 5 nitrogen and oxygen atoms in total. The van der Waals surface area contributed by atoms with Gasteiger partial charge in [-0.3, -0.25) is 9.59 Å². The van der Waals surface area contributed by atoms with Crippen LogP contribution in [0.4, 0.5) is 5.69 Å². The SMILES string of the molecule is CCCCCCCCCCCCCCCCNC(=O)CNc1ccc(C(=O)NCC)cc1. The van der Waals surface area contributed by atoms with Crippen LogP contribution in [-0.2, 0) is 4.79 Å². The van der Waals surface area contributed by atoms with Crippen molar-refractivity contribution < 1.29 is 9.59 Å². The van der Waals surface area contributed by atoms with E-state index in [0.29, 0.717) is 12.1 Å². The summed E-state index contributed by atoms with van der Waals surface area (Å²) >= 11 is 0. The minimum Gasteiger partial charge on any atom is -0.376 e. The maximum absolute atomic E-state index is 12.0. The minimum atomic E-state index is -0.0787. The third-order valence-corrected chi connectivity index (χ3v) is 5.79. The van der Waals surface area contributed by atoms with Crippen molar-refractivity contribution >= 4 is 17.5 Å². The molecular formula is C27H47N3O2. The third-order valence-electron chi connectivity index (χ3n) is 5.79. The summed E-state index contributed by atoms with van der Waals surface area (Å²) in [7, 11) is 0. The fraction of sp³-hybridized carbons (Fsp3) is 0.704. The van der Waals surface area contributed by atoms with Crippen molar-refractivity contribution in [3.63, 3.8) is 0 Å². The van der Waals surface area contributed by atoms with Crippen LogP contribution in [0.5, 0.6) is 0 Å². The molecule has 0 aliphatic carbocycles. The van der Waals surface area contributed by atoms with Crippen molar-refractivity contribution in [3.05, 3.63) is 29.8 Å². The zero-order valence-electron chi connectivity index (χ0n) is 20.6. The molecule has 1 aromatic carbocycles. The highest BCUT2D eigenvalue weighted by molar-refractivity contribution is 5.94. The number of hydrogen-bond acceptors (Lipinski definition) is 3. The summed E-state index contributed by atoms with van der Waals surface area (Å²) in [4.78, 5) is 23.7. The monoisotopic (exact) mass is 445 g/mol. The molecule has 182 valence electrons. The second-order valence-electron chi connectivity index (χ2n) is 8.74. The zero-order chi connectivity index (χ0) is 23.3. The molecule has 0 heterocycles. The van der Waals surface area contributed by atoms with Crippen LogP contribution in [-0.4, -0.2) is 31.4 Å². The van der Waals surface area contributed by atoms with E-state index in [0.717, 1.165) is 18.7 Å². The first-order chi connectivity index (χ1) is 15.7. The molecule has 0 fully saturated rings. The molecule has 1 rings (SSSR count). The molecule has 0 bridgehead atoms. The lowest BCUT2D eigenvalue weighted by Gasteiger charge is -2.09. The predicted octanol–water partition coefficient (Wildman–Crippen LogP) is 6.45. The maximum atomic E-state index is 12.0. The number of amides is 2. The summed E-state index contributed by atoms with van der Waals surface area (Å²) in [6.45, 7) is 5.77. The minimum absolute atomic E-state index is 0.00694. The largest absolute Gasteiger partial charge is 0.376 e. The van der Waals surface area contributed by atoms with Crippen molar-refractivity contribution in [2.75, 3.05) is 25.0 Å². The van der Waals surface area contributed by atoms with Gasteiger partial charge < -0.3 is 16.0 Å². The van der Waals surface area contributed by atoms with Gasteiger partial charge in [-0.15, -0.1) is 0 Å². The van der Waals surface area contributed by atoms with Gasteiger partial charge in [0.1, 0.15) is 0 Å². The van der Waals surface area contributed by atoms with E-state index < -0.39 is 0 Å². The van der Waals surface area contributed by atoms with Crippen molar-refractivity contribution in [3.8, 4) is 0 Å². The Morgan fingerprint density at radius 3 is 1.66 bits per heavy atom. The Hall–Kier alpha value is -2.04. The molecule has 3 N–H and O–H groups in total. The Labute approximate surface area is 196 Å². The van der Waals surface area contributed by atoms with Gasteiger partial charge in [0.2, 0.25) is 5.91 Å². The Balaban J connectivity index is 1.91. The molecule has 1 aromatic rings. The quantitative estimate of drug-likeness (QED) is 0.202. The highest BCUT2D eigenvalue weighted by Gasteiger charge is 2.04. The highest BCUT2D eigenvalue weighted by Crippen LogP contribution is 2.13. The number of rotatable bonds is 20. The Kier molecular flexibility index (Phi) is 17.2. The molecular weight excluding hydrogens is 398 g/mol. The smallest absolute Gasteiger partial charge is 0.251 e. The molecule has 0 aliphatic heterocycles. The predicted molar refractivity (Wildman–Crippen MR) is 136 cm³/mol.